The molecular weight excluding hydrogens is 604 g/mol. The average molecular weight is 637 g/mol. The molecule has 3 heterocycles. The van der Waals surface area contributed by atoms with Crippen molar-refractivity contribution in [2.75, 3.05) is 51.1 Å². The number of rotatable bonds is 9. The molecule has 226 valence electrons. The number of anilines is 1. The maximum atomic E-state index is 14.0. The Kier molecular flexibility index (Phi) is 9.07. The van der Waals surface area contributed by atoms with Crippen molar-refractivity contribution in [3.05, 3.63) is 65.9 Å². The molecule has 1 aromatic heterocycles. The van der Waals surface area contributed by atoms with E-state index in [9.17, 15) is 21.6 Å². The Labute approximate surface area is 251 Å². The number of fused-ring (bicyclic) bond motifs is 1. The molecule has 0 aliphatic carbocycles. The topological polar surface area (TPSA) is 126 Å². The van der Waals surface area contributed by atoms with Crippen LogP contribution in [0, 0.1) is 5.92 Å². The fourth-order valence-corrected chi connectivity index (χ4v) is 7.89. The quantitative estimate of drug-likeness (QED) is 0.326. The smallest absolute Gasteiger partial charge is 0.269 e. The molecule has 3 aromatic rings. The molecule has 2 aliphatic heterocycles. The first-order valence-corrected chi connectivity index (χ1v) is 17.1. The van der Waals surface area contributed by atoms with Crippen molar-refractivity contribution in [1.29, 1.82) is 0 Å². The fourth-order valence-electron chi connectivity index (χ4n) is 5.60. The zero-order valence-electron chi connectivity index (χ0n) is 23.3. The van der Waals surface area contributed by atoms with E-state index in [1.807, 2.05) is 12.1 Å². The molecule has 2 aliphatic rings. The van der Waals surface area contributed by atoms with Crippen LogP contribution in [0.1, 0.15) is 12.8 Å². The molecule has 11 nitrogen and oxygen atoms in total. The van der Waals surface area contributed by atoms with E-state index < -0.39 is 38.3 Å². The van der Waals surface area contributed by atoms with E-state index in [1.54, 1.807) is 36.7 Å². The van der Waals surface area contributed by atoms with Crippen LogP contribution < -0.4 is 4.90 Å². The average Bonchev–Trinajstić information content (AvgIpc) is 2.96. The highest BCUT2D eigenvalue weighted by Gasteiger charge is 2.49. The number of carbonyl (C=O) groups excluding carboxylic acids is 1. The Balaban J connectivity index is 1.41. The first-order chi connectivity index (χ1) is 20.0. The Morgan fingerprint density at radius 3 is 2.31 bits per heavy atom. The van der Waals surface area contributed by atoms with Crippen molar-refractivity contribution in [2.45, 2.75) is 30.0 Å². The van der Waals surface area contributed by atoms with Gasteiger partial charge in [-0.25, -0.2) is 12.6 Å². The van der Waals surface area contributed by atoms with Gasteiger partial charge in [0.25, 0.3) is 16.0 Å². The van der Waals surface area contributed by atoms with Crippen LogP contribution in [-0.4, -0.2) is 95.4 Å². The maximum Gasteiger partial charge on any atom is 0.269 e. The number of hydrogen-bond donors (Lipinski definition) is 0. The van der Waals surface area contributed by atoms with Crippen LogP contribution in [0.15, 0.2) is 65.8 Å². The summed E-state index contributed by atoms with van der Waals surface area (Å²) in [4.78, 5) is 21.7. The SMILES string of the molecule is COCC1CN(S(=O)(=O)c2ccc3cc(Cl)ccc3c2)C(OS(C)(=O)=O)C(=O)N1CC1CCN(c2ccncc2)CC1. The first kappa shape index (κ1) is 30.6. The lowest BCUT2D eigenvalue weighted by atomic mass is 9.94. The molecular formula is C28H33ClN4O7S2. The van der Waals surface area contributed by atoms with E-state index in [1.165, 1.54) is 24.1 Å². The molecule has 2 aromatic carbocycles. The zero-order chi connectivity index (χ0) is 30.1. The molecule has 2 fully saturated rings. The number of pyridine rings is 1. The number of amides is 1. The summed E-state index contributed by atoms with van der Waals surface area (Å²) in [6, 6.07) is 12.8. The van der Waals surface area contributed by atoms with Gasteiger partial charge in [0.2, 0.25) is 16.3 Å². The molecule has 0 radical (unpaired) electrons. The number of ether oxygens (including phenoxy) is 1. The van der Waals surface area contributed by atoms with Crippen LogP contribution in [0.3, 0.4) is 0 Å². The summed E-state index contributed by atoms with van der Waals surface area (Å²) in [5, 5.41) is 1.86. The van der Waals surface area contributed by atoms with Gasteiger partial charge in [-0.15, -0.1) is 0 Å². The molecule has 0 saturated carbocycles. The third-order valence-electron chi connectivity index (χ3n) is 7.69. The number of aromatic nitrogens is 1. The minimum absolute atomic E-state index is 0.0649. The summed E-state index contributed by atoms with van der Waals surface area (Å²) in [7, 11) is -7.10. The van der Waals surface area contributed by atoms with Crippen LogP contribution >= 0.6 is 11.6 Å². The largest absolute Gasteiger partial charge is 0.382 e. The number of piperazine rings is 1. The number of piperidine rings is 1. The van der Waals surface area contributed by atoms with Crippen LogP contribution in [0.5, 0.6) is 0 Å². The second-order valence-electron chi connectivity index (χ2n) is 10.6. The molecule has 1 amide bonds. The predicted octanol–water partition coefficient (Wildman–Crippen LogP) is 2.96. The van der Waals surface area contributed by atoms with Crippen molar-refractivity contribution >= 4 is 54.1 Å². The van der Waals surface area contributed by atoms with Gasteiger partial charge in [0.1, 0.15) is 0 Å². The van der Waals surface area contributed by atoms with E-state index in [0.29, 0.717) is 17.0 Å². The summed E-state index contributed by atoms with van der Waals surface area (Å²) in [5.74, 6) is -0.609. The number of methoxy groups -OCH3 is 1. The Hall–Kier alpha value is -2.81. The molecule has 0 N–H and O–H groups in total. The normalized spacial score (nSPS) is 21.3. The summed E-state index contributed by atoms with van der Waals surface area (Å²) >= 11 is 6.07. The van der Waals surface area contributed by atoms with Crippen LogP contribution in [0.25, 0.3) is 10.8 Å². The minimum atomic E-state index is -4.37. The number of sulfonamides is 1. The Morgan fingerprint density at radius 1 is 0.976 bits per heavy atom. The van der Waals surface area contributed by atoms with E-state index in [-0.39, 0.29) is 24.0 Å². The summed E-state index contributed by atoms with van der Waals surface area (Å²) in [6.45, 7) is 1.75. The van der Waals surface area contributed by atoms with Gasteiger partial charge < -0.3 is 14.5 Å². The third kappa shape index (κ3) is 6.71. The molecule has 42 heavy (non-hydrogen) atoms. The summed E-state index contributed by atoms with van der Waals surface area (Å²) < 4.78 is 63.9. The standard InChI is InChI=1S/C28H33ClN4O7S2/c1-39-19-25-18-33(42(37,38)26-6-4-21-15-23(29)5-3-22(21)16-26)28(40-41(2,35)36)27(34)32(25)17-20-9-13-31(14-10-20)24-7-11-30-12-8-24/h3-8,11-12,15-16,20,25,28H,9-10,13-14,17-19H2,1-2H3. The summed E-state index contributed by atoms with van der Waals surface area (Å²) in [6.07, 6.45) is 4.01. The van der Waals surface area contributed by atoms with Gasteiger partial charge in [-0.2, -0.15) is 12.7 Å². The van der Waals surface area contributed by atoms with E-state index in [0.717, 1.165) is 47.6 Å². The number of halogens is 1. The zero-order valence-corrected chi connectivity index (χ0v) is 25.7. The number of hydrogen-bond acceptors (Lipinski definition) is 9. The monoisotopic (exact) mass is 636 g/mol. The number of carbonyl (C=O) groups is 1. The molecule has 2 saturated heterocycles. The van der Waals surface area contributed by atoms with Gasteiger partial charge in [-0.1, -0.05) is 23.7 Å². The van der Waals surface area contributed by atoms with Crippen LogP contribution in [0.2, 0.25) is 5.02 Å². The van der Waals surface area contributed by atoms with Gasteiger partial charge in [0.15, 0.2) is 0 Å². The van der Waals surface area contributed by atoms with E-state index in [2.05, 4.69) is 9.88 Å². The van der Waals surface area contributed by atoms with Crippen LogP contribution in [-0.2, 0) is 33.9 Å². The maximum absolute atomic E-state index is 14.0. The van der Waals surface area contributed by atoms with Crippen LogP contribution in [0.4, 0.5) is 5.69 Å². The lowest BCUT2D eigenvalue weighted by Gasteiger charge is -2.45. The van der Waals surface area contributed by atoms with E-state index in [4.69, 9.17) is 20.5 Å². The highest BCUT2D eigenvalue weighted by Crippen LogP contribution is 2.31. The highest BCUT2D eigenvalue weighted by atomic mass is 35.5. The molecule has 2 atom stereocenters. The van der Waals surface area contributed by atoms with Gasteiger partial charge in [-0.05, 0) is 65.9 Å². The fraction of sp³-hybridized carbons (Fsp3) is 0.429. The predicted molar refractivity (Wildman–Crippen MR) is 159 cm³/mol. The van der Waals surface area contributed by atoms with E-state index >= 15 is 0 Å². The van der Waals surface area contributed by atoms with Gasteiger partial charge in [0, 0.05) is 56.4 Å². The first-order valence-electron chi connectivity index (χ1n) is 13.5. The summed E-state index contributed by atoms with van der Waals surface area (Å²) in [5.41, 5.74) is 1.08. The molecule has 0 spiro atoms. The molecule has 14 heteroatoms. The lowest BCUT2D eigenvalue weighted by Crippen LogP contribution is -2.65. The minimum Gasteiger partial charge on any atom is -0.382 e. The second-order valence-corrected chi connectivity index (χ2v) is 14.5. The van der Waals surface area contributed by atoms with Gasteiger partial charge in [0.05, 0.1) is 23.8 Å². The third-order valence-corrected chi connectivity index (χ3v) is 10.3. The number of nitrogens with zero attached hydrogens (tertiary/aromatic N) is 4. The molecule has 0 bridgehead atoms. The molecule has 2 unspecified atom stereocenters. The van der Waals surface area contributed by atoms with Gasteiger partial charge >= 0.3 is 0 Å². The van der Waals surface area contributed by atoms with Crippen molar-refractivity contribution < 1.29 is 30.6 Å². The lowest BCUT2D eigenvalue weighted by molar-refractivity contribution is -0.156. The number of benzene rings is 2. The Morgan fingerprint density at radius 2 is 1.64 bits per heavy atom. The second kappa shape index (κ2) is 12.4. The van der Waals surface area contributed by atoms with Crippen molar-refractivity contribution in [3.63, 3.8) is 0 Å². The van der Waals surface area contributed by atoms with Crippen molar-refractivity contribution in [3.8, 4) is 0 Å². The van der Waals surface area contributed by atoms with Gasteiger partial charge in [-0.3, -0.25) is 9.78 Å². The Bertz CT molecular complexity index is 1650. The highest BCUT2D eigenvalue weighted by molar-refractivity contribution is 7.89. The van der Waals surface area contributed by atoms with Crippen molar-refractivity contribution in [1.82, 2.24) is 14.2 Å². The molecule has 5 rings (SSSR count). The van der Waals surface area contributed by atoms with Crippen molar-refractivity contribution in [2.24, 2.45) is 5.92 Å².